The van der Waals surface area contributed by atoms with Crippen LogP contribution >= 0.6 is 0 Å². The second-order valence-corrected chi connectivity index (χ2v) is 5.83. The zero-order valence-electron chi connectivity index (χ0n) is 13.9. The molecule has 0 fully saturated rings. The van der Waals surface area contributed by atoms with E-state index in [0.717, 1.165) is 23.1 Å². The Hall–Kier alpha value is -2.62. The third kappa shape index (κ3) is 5.23. The second kappa shape index (κ2) is 8.87. The predicted molar refractivity (Wildman–Crippen MR) is 93.8 cm³/mol. The quantitative estimate of drug-likeness (QED) is 0.784. The van der Waals surface area contributed by atoms with E-state index in [1.165, 1.54) is 0 Å². The van der Waals surface area contributed by atoms with Gasteiger partial charge in [0.1, 0.15) is 0 Å². The first-order valence-electron chi connectivity index (χ1n) is 8.20. The van der Waals surface area contributed by atoms with E-state index in [4.69, 9.17) is 0 Å². The lowest BCUT2D eigenvalue weighted by Crippen LogP contribution is -2.35. The van der Waals surface area contributed by atoms with E-state index in [-0.39, 0.29) is 18.9 Å². The normalized spacial score (nSPS) is 11.7. The van der Waals surface area contributed by atoms with Gasteiger partial charge in [-0.2, -0.15) is 0 Å². The van der Waals surface area contributed by atoms with Crippen LogP contribution in [-0.4, -0.2) is 23.5 Å². The van der Waals surface area contributed by atoms with Crippen LogP contribution in [0, 0.1) is 5.92 Å². The Morgan fingerprint density at radius 1 is 1.00 bits per heavy atom. The molecule has 1 amide bonds. The molecule has 0 heterocycles. The van der Waals surface area contributed by atoms with Gasteiger partial charge < -0.3 is 10.4 Å². The van der Waals surface area contributed by atoms with Gasteiger partial charge in [-0.1, -0.05) is 61.5 Å². The minimum atomic E-state index is -0.895. The standard InChI is InChI=1S/C20H23NO3/c1-2-16-10-6-7-11-17(16)13-19(22)21-14-18(20(23)24)12-15-8-4-3-5-9-15/h3-11,18H,2,12-14H2,1H3,(H,21,22)(H,23,24). The van der Waals surface area contributed by atoms with E-state index in [1.807, 2.05) is 54.6 Å². The van der Waals surface area contributed by atoms with Crippen LogP contribution in [0.25, 0.3) is 0 Å². The molecule has 0 spiro atoms. The largest absolute Gasteiger partial charge is 0.481 e. The summed E-state index contributed by atoms with van der Waals surface area (Å²) in [7, 11) is 0. The number of carboxylic acids is 1. The molecular formula is C20H23NO3. The number of amides is 1. The molecule has 0 bridgehead atoms. The van der Waals surface area contributed by atoms with Crippen molar-refractivity contribution in [1.29, 1.82) is 0 Å². The molecule has 2 aromatic carbocycles. The van der Waals surface area contributed by atoms with Crippen LogP contribution in [0.4, 0.5) is 0 Å². The molecule has 0 radical (unpaired) electrons. The van der Waals surface area contributed by atoms with Crippen molar-refractivity contribution in [2.24, 2.45) is 5.92 Å². The highest BCUT2D eigenvalue weighted by Crippen LogP contribution is 2.11. The molecule has 2 N–H and O–H groups in total. The van der Waals surface area contributed by atoms with Crippen LogP contribution in [0.5, 0.6) is 0 Å². The Bertz CT molecular complexity index is 682. The van der Waals surface area contributed by atoms with Gasteiger partial charge in [0.15, 0.2) is 0 Å². The molecule has 2 aromatic rings. The number of benzene rings is 2. The average Bonchev–Trinajstić information content (AvgIpc) is 2.59. The van der Waals surface area contributed by atoms with Gasteiger partial charge in [-0.3, -0.25) is 9.59 Å². The molecule has 0 saturated carbocycles. The SMILES string of the molecule is CCc1ccccc1CC(=O)NCC(Cc1ccccc1)C(=O)O. The van der Waals surface area contributed by atoms with E-state index in [1.54, 1.807) is 0 Å². The number of carbonyl (C=O) groups is 2. The third-order valence-corrected chi connectivity index (χ3v) is 4.07. The topological polar surface area (TPSA) is 66.4 Å². The summed E-state index contributed by atoms with van der Waals surface area (Å²) in [5.74, 6) is -1.67. The number of hydrogen-bond acceptors (Lipinski definition) is 2. The Balaban J connectivity index is 1.91. The molecule has 1 unspecified atom stereocenters. The number of hydrogen-bond donors (Lipinski definition) is 2. The summed E-state index contributed by atoms with van der Waals surface area (Å²) in [6, 6.07) is 17.3. The molecule has 2 rings (SSSR count). The Kier molecular flexibility index (Phi) is 6.55. The molecule has 0 saturated heterocycles. The van der Waals surface area contributed by atoms with Crippen molar-refractivity contribution in [3.8, 4) is 0 Å². The second-order valence-electron chi connectivity index (χ2n) is 5.83. The summed E-state index contributed by atoms with van der Waals surface area (Å²) in [6.07, 6.45) is 1.55. The van der Waals surface area contributed by atoms with E-state index in [9.17, 15) is 14.7 Å². The zero-order chi connectivity index (χ0) is 17.4. The van der Waals surface area contributed by atoms with Crippen LogP contribution < -0.4 is 5.32 Å². The van der Waals surface area contributed by atoms with Crippen molar-refractivity contribution in [2.45, 2.75) is 26.2 Å². The smallest absolute Gasteiger partial charge is 0.308 e. The number of carbonyl (C=O) groups excluding carboxylic acids is 1. The van der Waals surface area contributed by atoms with E-state index < -0.39 is 11.9 Å². The summed E-state index contributed by atoms with van der Waals surface area (Å²) in [6.45, 7) is 2.19. The molecule has 0 aromatic heterocycles. The van der Waals surface area contributed by atoms with Crippen LogP contribution in [0.2, 0.25) is 0 Å². The van der Waals surface area contributed by atoms with E-state index in [2.05, 4.69) is 12.2 Å². The average molecular weight is 325 g/mol. The summed E-state index contributed by atoms with van der Waals surface area (Å²) in [5.41, 5.74) is 3.09. The molecule has 24 heavy (non-hydrogen) atoms. The first kappa shape index (κ1) is 17.7. The van der Waals surface area contributed by atoms with Crippen molar-refractivity contribution >= 4 is 11.9 Å². The fraction of sp³-hybridized carbons (Fsp3) is 0.300. The fourth-order valence-electron chi connectivity index (χ4n) is 2.69. The minimum absolute atomic E-state index is 0.136. The number of nitrogens with one attached hydrogen (secondary N) is 1. The lowest BCUT2D eigenvalue weighted by atomic mass is 9.99. The van der Waals surface area contributed by atoms with E-state index in [0.29, 0.717) is 6.42 Å². The van der Waals surface area contributed by atoms with Crippen LogP contribution in [-0.2, 0) is 28.9 Å². The molecule has 4 nitrogen and oxygen atoms in total. The van der Waals surface area contributed by atoms with Crippen molar-refractivity contribution in [2.75, 3.05) is 6.54 Å². The zero-order valence-corrected chi connectivity index (χ0v) is 13.9. The van der Waals surface area contributed by atoms with Gasteiger partial charge in [-0.25, -0.2) is 0 Å². The highest BCUT2D eigenvalue weighted by atomic mass is 16.4. The van der Waals surface area contributed by atoms with Crippen LogP contribution in [0.1, 0.15) is 23.6 Å². The molecule has 0 aliphatic heterocycles. The first-order chi connectivity index (χ1) is 11.6. The Morgan fingerprint density at radius 2 is 1.62 bits per heavy atom. The number of aliphatic carboxylic acids is 1. The Morgan fingerprint density at radius 3 is 2.25 bits per heavy atom. The Labute approximate surface area is 142 Å². The number of carboxylic acid groups (broad SMARTS) is 1. The van der Waals surface area contributed by atoms with Gasteiger partial charge in [0.05, 0.1) is 12.3 Å². The van der Waals surface area contributed by atoms with Gasteiger partial charge >= 0.3 is 5.97 Å². The van der Waals surface area contributed by atoms with Gasteiger partial charge in [-0.05, 0) is 29.5 Å². The van der Waals surface area contributed by atoms with Crippen molar-refractivity contribution in [1.82, 2.24) is 5.32 Å². The molecule has 1 atom stereocenters. The van der Waals surface area contributed by atoms with Gasteiger partial charge in [-0.15, -0.1) is 0 Å². The number of aryl methyl sites for hydroxylation is 1. The summed E-state index contributed by atoms with van der Waals surface area (Å²) >= 11 is 0. The van der Waals surface area contributed by atoms with Crippen molar-refractivity contribution in [3.63, 3.8) is 0 Å². The van der Waals surface area contributed by atoms with Gasteiger partial charge in [0, 0.05) is 6.54 Å². The third-order valence-electron chi connectivity index (χ3n) is 4.07. The summed E-state index contributed by atoms with van der Waals surface area (Å²) in [5, 5.41) is 12.1. The maximum Gasteiger partial charge on any atom is 0.308 e. The number of rotatable bonds is 8. The molecule has 0 aliphatic rings. The fourth-order valence-corrected chi connectivity index (χ4v) is 2.69. The van der Waals surface area contributed by atoms with Crippen molar-refractivity contribution < 1.29 is 14.7 Å². The van der Waals surface area contributed by atoms with Gasteiger partial charge in [0.2, 0.25) is 5.91 Å². The molecular weight excluding hydrogens is 302 g/mol. The summed E-state index contributed by atoms with van der Waals surface area (Å²) in [4.78, 5) is 23.6. The van der Waals surface area contributed by atoms with E-state index >= 15 is 0 Å². The lowest BCUT2D eigenvalue weighted by molar-refractivity contribution is -0.141. The highest BCUT2D eigenvalue weighted by molar-refractivity contribution is 5.80. The highest BCUT2D eigenvalue weighted by Gasteiger charge is 2.19. The maximum atomic E-state index is 12.2. The van der Waals surface area contributed by atoms with Crippen LogP contribution in [0.3, 0.4) is 0 Å². The molecule has 4 heteroatoms. The van der Waals surface area contributed by atoms with Gasteiger partial charge in [0.25, 0.3) is 0 Å². The predicted octanol–water partition coefficient (Wildman–Crippen LogP) is 2.85. The van der Waals surface area contributed by atoms with Crippen LogP contribution in [0.15, 0.2) is 54.6 Å². The first-order valence-corrected chi connectivity index (χ1v) is 8.20. The van der Waals surface area contributed by atoms with Crippen molar-refractivity contribution in [3.05, 3.63) is 71.3 Å². The molecule has 0 aliphatic carbocycles. The monoisotopic (exact) mass is 325 g/mol. The maximum absolute atomic E-state index is 12.2. The molecule has 126 valence electrons. The minimum Gasteiger partial charge on any atom is -0.481 e. The lowest BCUT2D eigenvalue weighted by Gasteiger charge is -2.14. The summed E-state index contributed by atoms with van der Waals surface area (Å²) < 4.78 is 0.